The summed E-state index contributed by atoms with van der Waals surface area (Å²) in [7, 11) is 0. The molecule has 28 heavy (non-hydrogen) atoms. The van der Waals surface area contributed by atoms with Crippen LogP contribution in [0.1, 0.15) is 21.1 Å². The molecule has 0 N–H and O–H groups in total. The Kier molecular flexibility index (Phi) is 5.16. The highest BCUT2D eigenvalue weighted by atomic mass is 32.1. The third kappa shape index (κ3) is 3.94. The largest absolute Gasteiger partial charge is 0.467 e. The minimum atomic E-state index is -0.293. The summed E-state index contributed by atoms with van der Waals surface area (Å²) in [5, 5.41) is 6.28. The third-order valence-corrected chi connectivity index (χ3v) is 5.02. The van der Waals surface area contributed by atoms with Crippen LogP contribution >= 0.6 is 11.3 Å². The number of benzene rings is 1. The van der Waals surface area contributed by atoms with E-state index in [1.165, 1.54) is 16.8 Å². The summed E-state index contributed by atoms with van der Waals surface area (Å²) < 4.78 is 6.65. The van der Waals surface area contributed by atoms with E-state index in [-0.39, 0.29) is 17.2 Å². The maximum absolute atomic E-state index is 13.2. The van der Waals surface area contributed by atoms with Gasteiger partial charge in [0.05, 0.1) is 25.0 Å². The van der Waals surface area contributed by atoms with E-state index in [1.807, 2.05) is 41.8 Å². The van der Waals surface area contributed by atoms with Gasteiger partial charge in [0.15, 0.2) is 0 Å². The van der Waals surface area contributed by atoms with Gasteiger partial charge in [0.1, 0.15) is 11.5 Å². The first-order valence-corrected chi connectivity index (χ1v) is 9.58. The molecule has 0 fully saturated rings. The van der Waals surface area contributed by atoms with Gasteiger partial charge in [-0.2, -0.15) is 9.78 Å². The maximum Gasteiger partial charge on any atom is 0.275 e. The zero-order valence-corrected chi connectivity index (χ0v) is 15.7. The molecule has 3 heterocycles. The Hall–Kier alpha value is -3.45. The number of hydrogen-bond donors (Lipinski definition) is 0. The molecule has 0 spiro atoms. The number of amides is 1. The lowest BCUT2D eigenvalue weighted by atomic mass is 10.3. The summed E-state index contributed by atoms with van der Waals surface area (Å²) >= 11 is 1.58. The summed E-state index contributed by atoms with van der Waals surface area (Å²) in [4.78, 5) is 28.2. The molecule has 140 valence electrons. The third-order valence-electron chi connectivity index (χ3n) is 4.16. The van der Waals surface area contributed by atoms with Crippen LogP contribution in [0.2, 0.25) is 0 Å². The maximum atomic E-state index is 13.2. The predicted octanol–water partition coefficient (Wildman–Crippen LogP) is 3.73. The Morgan fingerprint density at radius 3 is 2.57 bits per heavy atom. The van der Waals surface area contributed by atoms with Gasteiger partial charge in [-0.3, -0.25) is 9.59 Å². The summed E-state index contributed by atoms with van der Waals surface area (Å²) in [6, 6.07) is 19.4. The van der Waals surface area contributed by atoms with E-state index in [0.717, 1.165) is 4.88 Å². The van der Waals surface area contributed by atoms with Gasteiger partial charge in [-0.05, 0) is 41.8 Å². The van der Waals surface area contributed by atoms with Crippen molar-refractivity contribution < 1.29 is 9.21 Å². The highest BCUT2D eigenvalue weighted by Crippen LogP contribution is 2.17. The SMILES string of the molecule is O=C(c1ccc(=O)n(-c2ccccc2)n1)N(Cc1ccco1)Cc1cccs1. The van der Waals surface area contributed by atoms with Crippen LogP contribution in [0.25, 0.3) is 5.69 Å². The normalized spacial score (nSPS) is 10.7. The number of hydrogen-bond acceptors (Lipinski definition) is 5. The second-order valence-corrected chi connectivity index (χ2v) is 7.16. The van der Waals surface area contributed by atoms with Crippen molar-refractivity contribution in [2.45, 2.75) is 13.1 Å². The van der Waals surface area contributed by atoms with Gasteiger partial charge in [-0.25, -0.2) is 0 Å². The van der Waals surface area contributed by atoms with Crippen LogP contribution in [0.5, 0.6) is 0 Å². The van der Waals surface area contributed by atoms with Gasteiger partial charge in [-0.1, -0.05) is 24.3 Å². The molecule has 0 aliphatic carbocycles. The molecule has 4 aromatic rings. The molecule has 0 saturated heterocycles. The highest BCUT2D eigenvalue weighted by Gasteiger charge is 2.20. The van der Waals surface area contributed by atoms with Gasteiger partial charge in [-0.15, -0.1) is 11.3 Å². The van der Waals surface area contributed by atoms with Gasteiger partial charge < -0.3 is 9.32 Å². The Bertz CT molecular complexity index is 1070. The molecule has 1 aromatic carbocycles. The highest BCUT2D eigenvalue weighted by molar-refractivity contribution is 7.09. The Morgan fingerprint density at radius 2 is 1.86 bits per heavy atom. The molecule has 3 aromatic heterocycles. The molecule has 0 aliphatic heterocycles. The van der Waals surface area contributed by atoms with E-state index >= 15 is 0 Å². The monoisotopic (exact) mass is 391 g/mol. The lowest BCUT2D eigenvalue weighted by Crippen LogP contribution is -2.32. The first-order chi connectivity index (χ1) is 13.7. The van der Waals surface area contributed by atoms with E-state index in [1.54, 1.807) is 40.7 Å². The van der Waals surface area contributed by atoms with Gasteiger partial charge in [0.25, 0.3) is 11.5 Å². The van der Waals surface area contributed by atoms with Crippen LogP contribution in [0.4, 0.5) is 0 Å². The topological polar surface area (TPSA) is 68.3 Å². The fraction of sp³-hybridized carbons (Fsp3) is 0.0952. The van der Waals surface area contributed by atoms with E-state index in [4.69, 9.17) is 4.42 Å². The first kappa shape index (κ1) is 17.9. The van der Waals surface area contributed by atoms with E-state index in [0.29, 0.717) is 24.5 Å². The molecule has 0 unspecified atom stereocenters. The smallest absolute Gasteiger partial charge is 0.275 e. The minimum Gasteiger partial charge on any atom is -0.467 e. The summed E-state index contributed by atoms with van der Waals surface area (Å²) in [6.07, 6.45) is 1.58. The molecular formula is C21H17N3O3S. The van der Waals surface area contributed by atoms with E-state index in [2.05, 4.69) is 5.10 Å². The van der Waals surface area contributed by atoms with Crippen LogP contribution in [-0.2, 0) is 13.1 Å². The first-order valence-electron chi connectivity index (χ1n) is 8.70. The van der Waals surface area contributed by atoms with Crippen LogP contribution in [0, 0.1) is 0 Å². The lowest BCUT2D eigenvalue weighted by Gasteiger charge is -2.21. The molecular weight excluding hydrogens is 374 g/mol. The summed E-state index contributed by atoms with van der Waals surface area (Å²) in [5.41, 5.74) is 0.517. The van der Waals surface area contributed by atoms with Crippen LogP contribution in [-0.4, -0.2) is 20.6 Å². The molecule has 0 radical (unpaired) electrons. The van der Waals surface area contributed by atoms with Crippen molar-refractivity contribution in [1.82, 2.24) is 14.7 Å². The molecule has 0 saturated carbocycles. The number of thiophene rings is 1. The quantitative estimate of drug-likeness (QED) is 0.502. The van der Waals surface area contributed by atoms with Crippen LogP contribution in [0.15, 0.2) is 87.6 Å². The van der Waals surface area contributed by atoms with Crippen molar-refractivity contribution >= 4 is 17.2 Å². The predicted molar refractivity (Wildman–Crippen MR) is 106 cm³/mol. The number of furan rings is 1. The van der Waals surface area contributed by atoms with Gasteiger partial charge >= 0.3 is 0 Å². The molecule has 6 nitrogen and oxygen atoms in total. The standard InChI is InChI=1S/C21H17N3O3S/c25-20-11-10-19(22-24(20)16-6-2-1-3-7-16)21(26)23(14-17-8-4-12-27-17)15-18-9-5-13-28-18/h1-13H,14-15H2. The van der Waals surface area contributed by atoms with Crippen molar-refractivity contribution in [1.29, 1.82) is 0 Å². The number of para-hydroxylation sites is 1. The Balaban J connectivity index is 1.67. The fourth-order valence-corrected chi connectivity index (χ4v) is 3.54. The molecule has 4 rings (SSSR count). The summed E-state index contributed by atoms with van der Waals surface area (Å²) in [5.74, 6) is 0.413. The molecule has 0 bridgehead atoms. The van der Waals surface area contributed by atoms with E-state index < -0.39 is 0 Å². The van der Waals surface area contributed by atoms with Gasteiger partial charge in [0.2, 0.25) is 0 Å². The molecule has 0 atom stereocenters. The van der Waals surface area contributed by atoms with Crippen molar-refractivity contribution in [2.24, 2.45) is 0 Å². The van der Waals surface area contributed by atoms with Crippen LogP contribution < -0.4 is 5.56 Å². The second-order valence-electron chi connectivity index (χ2n) is 6.12. The average Bonchev–Trinajstić information content (AvgIpc) is 3.42. The number of carbonyl (C=O) groups excluding carboxylic acids is 1. The lowest BCUT2D eigenvalue weighted by molar-refractivity contribution is 0.0711. The average molecular weight is 391 g/mol. The minimum absolute atomic E-state index is 0.201. The Labute approximate surface area is 165 Å². The number of nitrogens with zero attached hydrogens (tertiary/aromatic N) is 3. The molecule has 1 amide bonds. The van der Waals surface area contributed by atoms with Crippen molar-refractivity contribution in [3.05, 3.63) is 105 Å². The van der Waals surface area contributed by atoms with E-state index in [9.17, 15) is 9.59 Å². The number of rotatable bonds is 6. The number of carbonyl (C=O) groups is 1. The second kappa shape index (κ2) is 8.06. The fourth-order valence-electron chi connectivity index (χ4n) is 2.82. The number of aromatic nitrogens is 2. The zero-order chi connectivity index (χ0) is 19.3. The van der Waals surface area contributed by atoms with Crippen LogP contribution in [0.3, 0.4) is 0 Å². The Morgan fingerprint density at radius 1 is 1.00 bits per heavy atom. The molecule has 0 aliphatic rings. The summed E-state index contributed by atoms with van der Waals surface area (Å²) in [6.45, 7) is 0.749. The zero-order valence-electron chi connectivity index (χ0n) is 14.9. The molecule has 7 heteroatoms. The van der Waals surface area contributed by atoms with Crippen molar-refractivity contribution in [3.8, 4) is 5.69 Å². The van der Waals surface area contributed by atoms with Gasteiger partial charge in [0, 0.05) is 10.9 Å². The van der Waals surface area contributed by atoms with Crippen molar-refractivity contribution in [2.75, 3.05) is 0 Å². The van der Waals surface area contributed by atoms with Crippen molar-refractivity contribution in [3.63, 3.8) is 0 Å².